The summed E-state index contributed by atoms with van der Waals surface area (Å²) in [6.07, 6.45) is 1.87. The van der Waals surface area contributed by atoms with Crippen molar-refractivity contribution in [3.63, 3.8) is 0 Å². The van der Waals surface area contributed by atoms with Gasteiger partial charge in [0.15, 0.2) is 0 Å². The Morgan fingerprint density at radius 2 is 1.87 bits per heavy atom. The summed E-state index contributed by atoms with van der Waals surface area (Å²) >= 11 is 1.54. The Labute approximate surface area is 179 Å². The SMILES string of the molecule is CN(C)C(=O)c1sc2ccccc2c1C1CCN(C(=O)CCc2ccc(F)cc2)C1. The van der Waals surface area contributed by atoms with Crippen LogP contribution in [-0.2, 0) is 11.2 Å². The van der Waals surface area contributed by atoms with E-state index in [-0.39, 0.29) is 23.5 Å². The molecule has 0 spiro atoms. The molecule has 4 rings (SSSR count). The predicted octanol–water partition coefficient (Wildman–Crippen LogP) is 4.69. The van der Waals surface area contributed by atoms with Gasteiger partial charge in [-0.1, -0.05) is 30.3 Å². The average Bonchev–Trinajstić information content (AvgIpc) is 3.37. The minimum atomic E-state index is -0.265. The molecule has 2 amide bonds. The van der Waals surface area contributed by atoms with Crippen molar-refractivity contribution in [3.8, 4) is 0 Å². The maximum Gasteiger partial charge on any atom is 0.263 e. The third-order valence-corrected chi connectivity index (χ3v) is 6.90. The van der Waals surface area contributed by atoms with Crippen LogP contribution in [0.4, 0.5) is 4.39 Å². The van der Waals surface area contributed by atoms with Crippen molar-refractivity contribution < 1.29 is 14.0 Å². The molecule has 1 aliphatic heterocycles. The number of thiophene rings is 1. The molecule has 2 aromatic carbocycles. The molecule has 6 heteroatoms. The molecular weight excluding hydrogens is 399 g/mol. The Hall–Kier alpha value is -2.73. The lowest BCUT2D eigenvalue weighted by Gasteiger charge is -2.18. The lowest BCUT2D eigenvalue weighted by Crippen LogP contribution is -2.29. The lowest BCUT2D eigenvalue weighted by atomic mass is 9.95. The number of carbonyl (C=O) groups excluding carboxylic acids is 2. The quantitative estimate of drug-likeness (QED) is 0.596. The second kappa shape index (κ2) is 8.56. The number of nitrogens with zero attached hydrogens (tertiary/aromatic N) is 2. The monoisotopic (exact) mass is 424 g/mol. The standard InChI is InChI=1S/C24H25FN2O2S/c1-26(2)24(29)23-22(19-5-3-4-6-20(19)30-23)17-13-14-27(15-17)21(28)12-9-16-7-10-18(25)11-8-16/h3-8,10-11,17H,9,12-15H2,1-2H3. The first kappa shape index (κ1) is 20.5. The molecule has 3 aromatic rings. The Balaban J connectivity index is 1.50. The zero-order chi connectivity index (χ0) is 21.3. The van der Waals surface area contributed by atoms with Gasteiger partial charge in [0.2, 0.25) is 5.91 Å². The number of amides is 2. The van der Waals surface area contributed by atoms with Crippen LogP contribution in [0.5, 0.6) is 0 Å². The molecule has 2 heterocycles. The third kappa shape index (κ3) is 4.10. The van der Waals surface area contributed by atoms with Crippen LogP contribution >= 0.6 is 11.3 Å². The summed E-state index contributed by atoms with van der Waals surface area (Å²) < 4.78 is 14.2. The number of hydrogen-bond donors (Lipinski definition) is 0. The fraction of sp³-hybridized carbons (Fsp3) is 0.333. The topological polar surface area (TPSA) is 40.6 Å². The highest BCUT2D eigenvalue weighted by molar-refractivity contribution is 7.21. The van der Waals surface area contributed by atoms with Crippen molar-refractivity contribution in [2.75, 3.05) is 27.2 Å². The molecule has 0 saturated carbocycles. The number of likely N-dealkylation sites (tertiary alicyclic amines) is 1. The van der Waals surface area contributed by atoms with Crippen molar-refractivity contribution in [2.24, 2.45) is 0 Å². The normalized spacial score (nSPS) is 16.2. The molecule has 1 aromatic heterocycles. The number of aryl methyl sites for hydroxylation is 1. The fourth-order valence-electron chi connectivity index (χ4n) is 4.12. The van der Waals surface area contributed by atoms with Crippen LogP contribution in [0, 0.1) is 5.82 Å². The van der Waals surface area contributed by atoms with Crippen LogP contribution in [0.3, 0.4) is 0 Å². The van der Waals surface area contributed by atoms with E-state index in [1.165, 1.54) is 12.1 Å². The first-order chi connectivity index (χ1) is 14.4. The first-order valence-electron chi connectivity index (χ1n) is 10.2. The Bertz CT molecular complexity index is 1070. The van der Waals surface area contributed by atoms with E-state index in [0.29, 0.717) is 25.9 Å². The van der Waals surface area contributed by atoms with Gasteiger partial charge in [0.25, 0.3) is 5.91 Å². The van der Waals surface area contributed by atoms with E-state index in [1.807, 2.05) is 17.0 Å². The molecule has 4 nitrogen and oxygen atoms in total. The van der Waals surface area contributed by atoms with E-state index < -0.39 is 0 Å². The van der Waals surface area contributed by atoms with Crippen LogP contribution in [-0.4, -0.2) is 48.8 Å². The van der Waals surface area contributed by atoms with Gasteiger partial charge in [0.05, 0.1) is 4.88 Å². The fourth-order valence-corrected chi connectivity index (χ4v) is 5.43. The number of fused-ring (bicyclic) bond motifs is 1. The molecule has 1 saturated heterocycles. The Kier molecular flexibility index (Phi) is 5.86. The minimum Gasteiger partial charge on any atom is -0.344 e. The Morgan fingerprint density at radius 3 is 2.60 bits per heavy atom. The molecule has 0 aliphatic carbocycles. The van der Waals surface area contributed by atoms with Crippen molar-refractivity contribution in [3.05, 3.63) is 70.4 Å². The largest absolute Gasteiger partial charge is 0.344 e. The lowest BCUT2D eigenvalue weighted by molar-refractivity contribution is -0.130. The number of rotatable bonds is 5. The molecule has 0 bridgehead atoms. The highest BCUT2D eigenvalue weighted by Crippen LogP contribution is 2.40. The minimum absolute atomic E-state index is 0.0206. The molecule has 1 atom stereocenters. The molecule has 1 unspecified atom stereocenters. The van der Waals surface area contributed by atoms with Gasteiger partial charge in [-0.2, -0.15) is 0 Å². The van der Waals surface area contributed by atoms with Crippen molar-refractivity contribution in [1.82, 2.24) is 9.80 Å². The zero-order valence-electron chi connectivity index (χ0n) is 17.2. The van der Waals surface area contributed by atoms with Crippen LogP contribution in [0.1, 0.15) is 39.6 Å². The van der Waals surface area contributed by atoms with Gasteiger partial charge in [-0.05, 0) is 47.6 Å². The number of halogens is 1. The molecule has 1 fully saturated rings. The van der Waals surface area contributed by atoms with Gasteiger partial charge in [-0.15, -0.1) is 11.3 Å². The average molecular weight is 425 g/mol. The van der Waals surface area contributed by atoms with Gasteiger partial charge in [0, 0.05) is 44.2 Å². The van der Waals surface area contributed by atoms with Crippen LogP contribution in [0.2, 0.25) is 0 Å². The first-order valence-corrected chi connectivity index (χ1v) is 11.0. The summed E-state index contributed by atoms with van der Waals surface area (Å²) in [4.78, 5) is 29.9. The predicted molar refractivity (Wildman–Crippen MR) is 119 cm³/mol. The number of hydrogen-bond acceptors (Lipinski definition) is 3. The second-order valence-electron chi connectivity index (χ2n) is 7.99. The summed E-state index contributed by atoms with van der Waals surface area (Å²) in [5.74, 6) is 0.0301. The maximum absolute atomic E-state index is 13.1. The smallest absolute Gasteiger partial charge is 0.263 e. The summed E-state index contributed by atoms with van der Waals surface area (Å²) in [6.45, 7) is 1.34. The number of benzene rings is 2. The molecule has 0 N–H and O–H groups in total. The van der Waals surface area contributed by atoms with Gasteiger partial charge in [0.1, 0.15) is 5.82 Å². The van der Waals surface area contributed by atoms with E-state index in [2.05, 4.69) is 12.1 Å². The second-order valence-corrected chi connectivity index (χ2v) is 9.04. The summed E-state index contributed by atoms with van der Waals surface area (Å²) in [5.41, 5.74) is 2.05. The summed E-state index contributed by atoms with van der Waals surface area (Å²) in [7, 11) is 3.55. The van der Waals surface area contributed by atoms with Crippen LogP contribution in [0.25, 0.3) is 10.1 Å². The molecule has 156 valence electrons. The Morgan fingerprint density at radius 1 is 1.13 bits per heavy atom. The van der Waals surface area contributed by atoms with E-state index in [9.17, 15) is 14.0 Å². The molecular formula is C24H25FN2O2S. The van der Waals surface area contributed by atoms with Crippen LogP contribution in [0.15, 0.2) is 48.5 Å². The molecule has 1 aliphatic rings. The van der Waals surface area contributed by atoms with E-state index >= 15 is 0 Å². The summed E-state index contributed by atoms with van der Waals surface area (Å²) in [6, 6.07) is 14.4. The van der Waals surface area contributed by atoms with E-state index in [1.54, 1.807) is 42.5 Å². The van der Waals surface area contributed by atoms with Gasteiger partial charge in [-0.25, -0.2) is 4.39 Å². The maximum atomic E-state index is 13.1. The van der Waals surface area contributed by atoms with E-state index in [0.717, 1.165) is 32.5 Å². The molecule has 0 radical (unpaired) electrons. The highest BCUT2D eigenvalue weighted by Gasteiger charge is 2.32. The zero-order valence-corrected chi connectivity index (χ0v) is 18.0. The number of carbonyl (C=O) groups is 2. The summed E-state index contributed by atoms with van der Waals surface area (Å²) in [5, 5.41) is 1.12. The van der Waals surface area contributed by atoms with Gasteiger partial charge in [-0.3, -0.25) is 9.59 Å². The third-order valence-electron chi connectivity index (χ3n) is 5.72. The molecule has 30 heavy (non-hydrogen) atoms. The van der Waals surface area contributed by atoms with Crippen LogP contribution < -0.4 is 0 Å². The van der Waals surface area contributed by atoms with Crippen molar-refractivity contribution in [1.29, 1.82) is 0 Å². The van der Waals surface area contributed by atoms with Gasteiger partial charge < -0.3 is 9.80 Å². The van der Waals surface area contributed by atoms with Crippen molar-refractivity contribution >= 4 is 33.2 Å². The van der Waals surface area contributed by atoms with Gasteiger partial charge >= 0.3 is 0 Å². The van der Waals surface area contributed by atoms with E-state index in [4.69, 9.17) is 0 Å². The van der Waals surface area contributed by atoms with Crippen molar-refractivity contribution in [2.45, 2.75) is 25.2 Å². The highest BCUT2D eigenvalue weighted by atomic mass is 32.1.